The Hall–Kier alpha value is -2.93. The molecule has 130 valence electrons. The first-order valence-electron chi connectivity index (χ1n) is 7.36. The zero-order chi connectivity index (χ0) is 18.6. The lowest BCUT2D eigenvalue weighted by atomic mass is 10.1. The number of ether oxygens (including phenoxy) is 1. The van der Waals surface area contributed by atoms with Gasteiger partial charge in [0.1, 0.15) is 0 Å². The van der Waals surface area contributed by atoms with E-state index < -0.39 is 16.8 Å². The summed E-state index contributed by atoms with van der Waals surface area (Å²) in [6.45, 7) is 3.55. The van der Waals surface area contributed by atoms with E-state index in [1.165, 1.54) is 6.07 Å². The second-order valence-electron chi connectivity index (χ2n) is 5.16. The number of nitro benzene ring substituents is 1. The number of benzene rings is 2. The first-order valence-corrected chi connectivity index (χ1v) is 7.73. The number of amides is 1. The molecule has 0 unspecified atom stereocenters. The van der Waals surface area contributed by atoms with Gasteiger partial charge in [0.2, 0.25) is 0 Å². The molecule has 0 saturated carbocycles. The molecular weight excluding hydrogens is 348 g/mol. The number of non-ortho nitro benzene ring substituents is 1. The van der Waals surface area contributed by atoms with Gasteiger partial charge in [-0.3, -0.25) is 14.9 Å². The number of aryl methyl sites for hydroxylation is 1. The lowest BCUT2D eigenvalue weighted by molar-refractivity contribution is -0.384. The molecule has 0 aliphatic rings. The van der Waals surface area contributed by atoms with E-state index in [0.717, 1.165) is 17.7 Å². The second kappa shape index (κ2) is 7.76. The largest absolute Gasteiger partial charge is 0.462 e. The van der Waals surface area contributed by atoms with Gasteiger partial charge in [0.05, 0.1) is 17.1 Å². The zero-order valence-electron chi connectivity index (χ0n) is 13.5. The Morgan fingerprint density at radius 1 is 1.20 bits per heavy atom. The molecular formula is C17H15ClN2O5. The first-order chi connectivity index (χ1) is 11.8. The third kappa shape index (κ3) is 4.54. The number of rotatable bonds is 5. The van der Waals surface area contributed by atoms with Crippen LogP contribution in [0.5, 0.6) is 0 Å². The number of carbonyl (C=O) groups is 2. The van der Waals surface area contributed by atoms with Crippen LogP contribution in [0.15, 0.2) is 36.4 Å². The number of nitrogens with zero attached hydrogens (tertiary/aromatic N) is 1. The predicted octanol–water partition coefficient (Wildman–Crippen LogP) is 3.99. The Morgan fingerprint density at radius 2 is 1.88 bits per heavy atom. The van der Waals surface area contributed by atoms with Crippen LogP contribution in [0.2, 0.25) is 5.02 Å². The van der Waals surface area contributed by atoms with Crippen molar-refractivity contribution in [1.29, 1.82) is 0 Å². The maximum atomic E-state index is 12.4. The third-order valence-electron chi connectivity index (χ3n) is 3.33. The van der Waals surface area contributed by atoms with E-state index in [2.05, 4.69) is 5.32 Å². The summed E-state index contributed by atoms with van der Waals surface area (Å²) >= 11 is 6.01. The van der Waals surface area contributed by atoms with Gasteiger partial charge in [0.15, 0.2) is 0 Å². The van der Waals surface area contributed by atoms with E-state index in [9.17, 15) is 19.7 Å². The van der Waals surface area contributed by atoms with E-state index in [1.807, 2.05) is 6.92 Å². The van der Waals surface area contributed by atoms with Crippen molar-refractivity contribution in [2.24, 2.45) is 0 Å². The molecule has 25 heavy (non-hydrogen) atoms. The predicted molar refractivity (Wildman–Crippen MR) is 93.2 cm³/mol. The summed E-state index contributed by atoms with van der Waals surface area (Å²) in [5.74, 6) is -1.34. The molecule has 0 atom stereocenters. The van der Waals surface area contributed by atoms with Gasteiger partial charge in [-0.1, -0.05) is 17.7 Å². The van der Waals surface area contributed by atoms with Crippen LogP contribution in [-0.4, -0.2) is 23.4 Å². The molecule has 0 radical (unpaired) electrons. The van der Waals surface area contributed by atoms with E-state index in [4.69, 9.17) is 16.3 Å². The molecule has 2 aromatic rings. The number of carbonyl (C=O) groups excluding carboxylic acids is 2. The fraction of sp³-hybridized carbons (Fsp3) is 0.176. The summed E-state index contributed by atoms with van der Waals surface area (Å²) in [6.07, 6.45) is 0. The number of esters is 1. The molecule has 2 rings (SSSR count). The molecule has 2 aromatic carbocycles. The van der Waals surface area contributed by atoms with Crippen LogP contribution in [0.4, 0.5) is 11.4 Å². The van der Waals surface area contributed by atoms with Crippen LogP contribution < -0.4 is 5.32 Å². The number of nitrogens with one attached hydrogen (secondary N) is 1. The summed E-state index contributed by atoms with van der Waals surface area (Å²) < 4.78 is 4.83. The fourth-order valence-electron chi connectivity index (χ4n) is 2.05. The first kappa shape index (κ1) is 18.4. The van der Waals surface area contributed by atoms with Crippen molar-refractivity contribution in [3.05, 3.63) is 68.2 Å². The third-order valence-corrected chi connectivity index (χ3v) is 3.74. The number of hydrogen-bond donors (Lipinski definition) is 1. The van der Waals surface area contributed by atoms with Crippen molar-refractivity contribution in [1.82, 2.24) is 0 Å². The van der Waals surface area contributed by atoms with Crippen molar-refractivity contribution in [2.45, 2.75) is 13.8 Å². The van der Waals surface area contributed by atoms with Crippen LogP contribution in [0, 0.1) is 17.0 Å². The van der Waals surface area contributed by atoms with Crippen LogP contribution in [0.3, 0.4) is 0 Å². The van der Waals surface area contributed by atoms with Gasteiger partial charge in [-0.2, -0.15) is 0 Å². The van der Waals surface area contributed by atoms with Gasteiger partial charge in [-0.05, 0) is 37.6 Å². The molecule has 0 fully saturated rings. The average molecular weight is 363 g/mol. The number of halogens is 1. The van der Waals surface area contributed by atoms with Gasteiger partial charge >= 0.3 is 5.97 Å². The summed E-state index contributed by atoms with van der Waals surface area (Å²) in [5, 5.41) is 14.1. The molecule has 0 saturated heterocycles. The average Bonchev–Trinajstić information content (AvgIpc) is 2.58. The van der Waals surface area contributed by atoms with Crippen LogP contribution in [0.1, 0.15) is 33.2 Å². The Bertz CT molecular complexity index is 851. The summed E-state index contributed by atoms with van der Waals surface area (Å²) in [6, 6.07) is 8.36. The molecule has 0 aliphatic heterocycles. The Kier molecular flexibility index (Phi) is 5.71. The minimum Gasteiger partial charge on any atom is -0.462 e. The highest BCUT2D eigenvalue weighted by molar-refractivity contribution is 6.31. The molecule has 8 heteroatoms. The van der Waals surface area contributed by atoms with Gasteiger partial charge in [0.25, 0.3) is 11.6 Å². The molecule has 7 nitrogen and oxygen atoms in total. The topological polar surface area (TPSA) is 98.5 Å². The zero-order valence-corrected chi connectivity index (χ0v) is 14.3. The van der Waals surface area contributed by atoms with Gasteiger partial charge in [-0.15, -0.1) is 0 Å². The number of nitro groups is 1. The van der Waals surface area contributed by atoms with E-state index >= 15 is 0 Å². The maximum Gasteiger partial charge on any atom is 0.338 e. The van der Waals surface area contributed by atoms with Crippen molar-refractivity contribution in [2.75, 3.05) is 11.9 Å². The van der Waals surface area contributed by atoms with Crippen LogP contribution >= 0.6 is 11.6 Å². The molecule has 0 bridgehead atoms. The Balaban J connectivity index is 2.35. The van der Waals surface area contributed by atoms with E-state index in [-0.39, 0.29) is 23.4 Å². The summed E-state index contributed by atoms with van der Waals surface area (Å²) in [4.78, 5) is 34.6. The van der Waals surface area contributed by atoms with E-state index in [1.54, 1.807) is 25.1 Å². The summed E-state index contributed by atoms with van der Waals surface area (Å²) in [5.41, 5.74) is 0.805. The monoisotopic (exact) mass is 362 g/mol. The standard InChI is InChI=1S/C17H15ClN2O5/c1-3-25-17(22)12-6-11(7-14(8-12)20(23)24)16(21)19-13-5-4-10(2)15(18)9-13/h4-9H,3H2,1-2H3,(H,19,21). The quantitative estimate of drug-likeness (QED) is 0.492. The lowest BCUT2D eigenvalue weighted by Crippen LogP contribution is -2.14. The van der Waals surface area contributed by atoms with Gasteiger partial charge in [0, 0.05) is 28.4 Å². The number of hydrogen-bond acceptors (Lipinski definition) is 5. The fourth-order valence-corrected chi connectivity index (χ4v) is 2.23. The molecule has 0 spiro atoms. The Labute approximate surface area is 148 Å². The highest BCUT2D eigenvalue weighted by atomic mass is 35.5. The summed E-state index contributed by atoms with van der Waals surface area (Å²) in [7, 11) is 0. The van der Waals surface area contributed by atoms with Gasteiger partial charge < -0.3 is 10.1 Å². The molecule has 0 aliphatic carbocycles. The molecule has 1 N–H and O–H groups in total. The highest BCUT2D eigenvalue weighted by Crippen LogP contribution is 2.22. The van der Waals surface area contributed by atoms with Crippen LogP contribution in [0.25, 0.3) is 0 Å². The van der Waals surface area contributed by atoms with E-state index in [0.29, 0.717) is 10.7 Å². The maximum absolute atomic E-state index is 12.4. The lowest BCUT2D eigenvalue weighted by Gasteiger charge is -2.08. The van der Waals surface area contributed by atoms with Crippen LogP contribution in [-0.2, 0) is 4.74 Å². The Morgan fingerprint density at radius 3 is 2.48 bits per heavy atom. The smallest absolute Gasteiger partial charge is 0.338 e. The second-order valence-corrected chi connectivity index (χ2v) is 5.57. The minimum atomic E-state index is -0.737. The van der Waals surface area contributed by atoms with Gasteiger partial charge in [-0.25, -0.2) is 4.79 Å². The SMILES string of the molecule is CCOC(=O)c1cc(C(=O)Nc2ccc(C)c(Cl)c2)cc([N+](=O)[O-])c1. The van der Waals surface area contributed by atoms with Crippen molar-refractivity contribution in [3.8, 4) is 0 Å². The molecule has 1 amide bonds. The minimum absolute atomic E-state index is 0.0334. The van der Waals surface area contributed by atoms with Crippen molar-refractivity contribution < 1.29 is 19.2 Å². The number of anilines is 1. The van der Waals surface area contributed by atoms with Crippen molar-refractivity contribution in [3.63, 3.8) is 0 Å². The van der Waals surface area contributed by atoms with Crippen molar-refractivity contribution >= 4 is 34.9 Å². The highest BCUT2D eigenvalue weighted by Gasteiger charge is 2.19. The normalized spacial score (nSPS) is 10.2. The molecule has 0 aromatic heterocycles. The molecule has 0 heterocycles.